The minimum absolute atomic E-state index is 0.0958. The van der Waals surface area contributed by atoms with E-state index >= 15 is 0 Å². The predicted octanol–water partition coefficient (Wildman–Crippen LogP) is 3.11. The van der Waals surface area contributed by atoms with E-state index in [1.54, 1.807) is 12.1 Å². The molecule has 0 saturated carbocycles. The molecule has 0 aliphatic heterocycles. The van der Waals surface area contributed by atoms with Crippen molar-refractivity contribution in [1.82, 2.24) is 4.72 Å². The van der Waals surface area contributed by atoms with Crippen LogP contribution in [0.4, 0.5) is 5.69 Å². The second-order valence-electron chi connectivity index (χ2n) is 6.08. The lowest BCUT2D eigenvalue weighted by molar-refractivity contribution is 0.0697. The van der Waals surface area contributed by atoms with Crippen LogP contribution < -0.4 is 10.0 Å². The molecular formula is C20H20N2O5S. The van der Waals surface area contributed by atoms with E-state index in [2.05, 4.69) is 10.0 Å². The fourth-order valence-corrected chi connectivity index (χ4v) is 3.73. The van der Waals surface area contributed by atoms with Crippen LogP contribution in [0, 0.1) is 0 Å². The Kier molecular flexibility index (Phi) is 6.13. The molecule has 1 heterocycles. The standard InChI is InChI=1S/C20H20N2O5S/c23-20(24)18-13-17(8-9-19(18)21-14-16-7-4-12-27-16)28(25,26)22-11-10-15-5-2-1-3-6-15/h1-9,12-13,21-22H,10-11,14H2,(H,23,24). The summed E-state index contributed by atoms with van der Waals surface area (Å²) in [7, 11) is -3.82. The number of hydrogen-bond donors (Lipinski definition) is 3. The van der Waals surface area contributed by atoms with Crippen molar-refractivity contribution in [1.29, 1.82) is 0 Å². The Balaban J connectivity index is 1.71. The average Bonchev–Trinajstić information content (AvgIpc) is 3.20. The predicted molar refractivity (Wildman–Crippen MR) is 105 cm³/mol. The molecule has 0 amide bonds. The number of carboxylic acids is 1. The summed E-state index contributed by atoms with van der Waals surface area (Å²) in [5.74, 6) is -0.584. The summed E-state index contributed by atoms with van der Waals surface area (Å²) < 4.78 is 32.7. The SMILES string of the molecule is O=C(O)c1cc(S(=O)(=O)NCCc2ccccc2)ccc1NCc1ccco1. The van der Waals surface area contributed by atoms with Crippen LogP contribution in [-0.4, -0.2) is 26.0 Å². The zero-order valence-electron chi connectivity index (χ0n) is 15.0. The van der Waals surface area contributed by atoms with Gasteiger partial charge in [0.2, 0.25) is 10.0 Å². The molecule has 0 unspecified atom stereocenters. The van der Waals surface area contributed by atoms with Gasteiger partial charge in [-0.05, 0) is 42.3 Å². The molecule has 8 heteroatoms. The summed E-state index contributed by atoms with van der Waals surface area (Å²) in [6, 6.07) is 16.9. The molecule has 0 radical (unpaired) electrons. The average molecular weight is 400 g/mol. The van der Waals surface area contributed by atoms with Crippen molar-refractivity contribution in [3.63, 3.8) is 0 Å². The van der Waals surface area contributed by atoms with E-state index in [-0.39, 0.29) is 23.5 Å². The number of rotatable bonds is 9. The highest BCUT2D eigenvalue weighted by molar-refractivity contribution is 7.89. The largest absolute Gasteiger partial charge is 0.478 e. The highest BCUT2D eigenvalue weighted by atomic mass is 32.2. The third kappa shape index (κ3) is 4.99. The van der Waals surface area contributed by atoms with Crippen molar-refractivity contribution in [2.24, 2.45) is 0 Å². The molecule has 0 aliphatic rings. The van der Waals surface area contributed by atoms with Gasteiger partial charge in [-0.25, -0.2) is 17.9 Å². The van der Waals surface area contributed by atoms with Crippen molar-refractivity contribution < 1.29 is 22.7 Å². The third-order valence-electron chi connectivity index (χ3n) is 4.11. The first kappa shape index (κ1) is 19.7. The van der Waals surface area contributed by atoms with Crippen molar-refractivity contribution >= 4 is 21.7 Å². The first-order valence-electron chi connectivity index (χ1n) is 8.63. The summed E-state index contributed by atoms with van der Waals surface area (Å²) in [6.07, 6.45) is 2.06. The Morgan fingerprint density at radius 2 is 1.82 bits per heavy atom. The molecule has 0 atom stereocenters. The van der Waals surface area contributed by atoms with Gasteiger partial charge in [0.15, 0.2) is 0 Å². The maximum Gasteiger partial charge on any atom is 0.337 e. The Morgan fingerprint density at radius 1 is 1.04 bits per heavy atom. The van der Waals surface area contributed by atoms with Crippen LogP contribution in [0.3, 0.4) is 0 Å². The van der Waals surface area contributed by atoms with E-state index in [0.717, 1.165) is 11.6 Å². The molecule has 28 heavy (non-hydrogen) atoms. The van der Waals surface area contributed by atoms with Crippen molar-refractivity contribution in [2.45, 2.75) is 17.9 Å². The number of aromatic carboxylic acids is 1. The number of benzene rings is 2. The second-order valence-corrected chi connectivity index (χ2v) is 7.85. The van der Waals surface area contributed by atoms with Gasteiger partial charge in [0.05, 0.1) is 23.3 Å². The molecule has 0 fully saturated rings. The normalized spacial score (nSPS) is 11.3. The van der Waals surface area contributed by atoms with Crippen LogP contribution in [-0.2, 0) is 23.0 Å². The quantitative estimate of drug-likeness (QED) is 0.509. The molecule has 3 aromatic rings. The van der Waals surface area contributed by atoms with Gasteiger partial charge in [-0.1, -0.05) is 30.3 Å². The molecule has 0 spiro atoms. The monoisotopic (exact) mass is 400 g/mol. The van der Waals surface area contributed by atoms with Gasteiger partial charge < -0.3 is 14.8 Å². The van der Waals surface area contributed by atoms with Crippen LogP contribution in [0.15, 0.2) is 76.2 Å². The topological polar surface area (TPSA) is 109 Å². The van der Waals surface area contributed by atoms with E-state index in [1.165, 1.54) is 18.4 Å². The van der Waals surface area contributed by atoms with Crippen LogP contribution in [0.2, 0.25) is 0 Å². The molecule has 7 nitrogen and oxygen atoms in total. The molecule has 146 valence electrons. The number of nitrogens with one attached hydrogen (secondary N) is 2. The maximum absolute atomic E-state index is 12.5. The Labute approximate surface area is 163 Å². The van der Waals surface area contributed by atoms with Gasteiger partial charge in [-0.15, -0.1) is 0 Å². The molecule has 3 N–H and O–H groups in total. The van der Waals surface area contributed by atoms with Gasteiger partial charge in [0.1, 0.15) is 5.76 Å². The lowest BCUT2D eigenvalue weighted by atomic mass is 10.2. The summed E-state index contributed by atoms with van der Waals surface area (Å²) in [6.45, 7) is 0.502. The van der Waals surface area contributed by atoms with E-state index in [9.17, 15) is 18.3 Å². The van der Waals surface area contributed by atoms with Crippen molar-refractivity contribution in [2.75, 3.05) is 11.9 Å². The number of carboxylic acid groups (broad SMARTS) is 1. The fraction of sp³-hybridized carbons (Fsp3) is 0.150. The minimum atomic E-state index is -3.82. The van der Waals surface area contributed by atoms with Crippen molar-refractivity contribution in [3.8, 4) is 0 Å². The number of sulfonamides is 1. The summed E-state index contributed by atoms with van der Waals surface area (Å²) in [4.78, 5) is 11.5. The van der Waals surface area contributed by atoms with Crippen molar-refractivity contribution in [3.05, 3.63) is 83.8 Å². The van der Waals surface area contributed by atoms with E-state index in [4.69, 9.17) is 4.42 Å². The van der Waals surface area contributed by atoms with Gasteiger partial charge in [-0.2, -0.15) is 0 Å². The highest BCUT2D eigenvalue weighted by Crippen LogP contribution is 2.21. The molecule has 0 bridgehead atoms. The zero-order valence-corrected chi connectivity index (χ0v) is 15.8. The van der Waals surface area contributed by atoms with Crippen LogP contribution in [0.25, 0.3) is 0 Å². The molecular weight excluding hydrogens is 380 g/mol. The number of anilines is 1. The second kappa shape index (κ2) is 8.73. The zero-order chi connectivity index (χ0) is 20.0. The smallest absolute Gasteiger partial charge is 0.337 e. The summed E-state index contributed by atoms with van der Waals surface area (Å²) in [5, 5.41) is 12.4. The first-order valence-corrected chi connectivity index (χ1v) is 10.1. The van der Waals surface area contributed by atoms with Gasteiger partial charge >= 0.3 is 5.97 Å². The van der Waals surface area contributed by atoms with E-state index in [1.807, 2.05) is 30.3 Å². The first-order chi connectivity index (χ1) is 13.5. The van der Waals surface area contributed by atoms with E-state index < -0.39 is 16.0 Å². The minimum Gasteiger partial charge on any atom is -0.478 e. The summed E-state index contributed by atoms with van der Waals surface area (Å²) in [5.41, 5.74) is 1.19. The fourth-order valence-electron chi connectivity index (χ4n) is 2.67. The highest BCUT2D eigenvalue weighted by Gasteiger charge is 2.19. The molecule has 1 aromatic heterocycles. The third-order valence-corrected chi connectivity index (χ3v) is 5.57. The number of hydrogen-bond acceptors (Lipinski definition) is 5. The van der Waals surface area contributed by atoms with Crippen LogP contribution in [0.1, 0.15) is 21.7 Å². The van der Waals surface area contributed by atoms with E-state index in [0.29, 0.717) is 17.9 Å². The van der Waals surface area contributed by atoms with Gasteiger partial charge in [0.25, 0.3) is 0 Å². The summed E-state index contributed by atoms with van der Waals surface area (Å²) >= 11 is 0. The van der Waals surface area contributed by atoms with Gasteiger partial charge in [0, 0.05) is 12.2 Å². The molecule has 2 aromatic carbocycles. The lowest BCUT2D eigenvalue weighted by Gasteiger charge is -2.12. The molecule has 0 saturated heterocycles. The molecule has 0 aliphatic carbocycles. The molecule has 3 rings (SSSR count). The Morgan fingerprint density at radius 3 is 2.50 bits per heavy atom. The Bertz CT molecular complexity index is 1030. The lowest BCUT2D eigenvalue weighted by Crippen LogP contribution is -2.26. The Hall–Kier alpha value is -3.10. The number of carbonyl (C=O) groups is 1. The van der Waals surface area contributed by atoms with Crippen LogP contribution >= 0.6 is 0 Å². The number of furan rings is 1. The van der Waals surface area contributed by atoms with Crippen LogP contribution in [0.5, 0.6) is 0 Å². The van der Waals surface area contributed by atoms with Gasteiger partial charge in [-0.3, -0.25) is 0 Å². The maximum atomic E-state index is 12.5.